The van der Waals surface area contributed by atoms with E-state index < -0.39 is 5.97 Å². The van der Waals surface area contributed by atoms with Crippen molar-refractivity contribution in [2.75, 3.05) is 11.4 Å². The summed E-state index contributed by atoms with van der Waals surface area (Å²) in [4.78, 5) is 12.8. The zero-order chi connectivity index (χ0) is 14.8. The van der Waals surface area contributed by atoms with E-state index in [4.69, 9.17) is 5.11 Å². The third kappa shape index (κ3) is 2.65. The van der Waals surface area contributed by atoms with Crippen LogP contribution in [0.25, 0.3) is 6.08 Å². The quantitative estimate of drug-likeness (QED) is 0.875. The maximum atomic E-state index is 13.5. The van der Waals surface area contributed by atoms with Crippen LogP contribution in [-0.2, 0) is 11.2 Å². The number of halogens is 1. The van der Waals surface area contributed by atoms with Crippen LogP contribution in [0.1, 0.15) is 11.1 Å². The van der Waals surface area contributed by atoms with E-state index in [2.05, 4.69) is 11.0 Å². The SMILES string of the molecule is O=C(O)/C=C/c1cc(F)ccc1N1CCc2ccccc21. The van der Waals surface area contributed by atoms with E-state index in [0.29, 0.717) is 5.56 Å². The molecular weight excluding hydrogens is 269 g/mol. The molecule has 0 amide bonds. The van der Waals surface area contributed by atoms with E-state index in [9.17, 15) is 9.18 Å². The van der Waals surface area contributed by atoms with Crippen molar-refractivity contribution in [3.63, 3.8) is 0 Å². The standard InChI is InChI=1S/C17H14FNO2/c18-14-6-7-16(13(11-14)5-8-17(20)21)19-10-9-12-3-1-2-4-15(12)19/h1-8,11H,9-10H2,(H,20,21)/b8-5+. The molecule has 1 aliphatic rings. The second-order valence-electron chi connectivity index (χ2n) is 4.91. The van der Waals surface area contributed by atoms with Crippen molar-refractivity contribution in [3.8, 4) is 0 Å². The number of benzene rings is 2. The minimum absolute atomic E-state index is 0.378. The Morgan fingerprint density at radius 2 is 2.00 bits per heavy atom. The first-order chi connectivity index (χ1) is 10.1. The molecular formula is C17H14FNO2. The number of carboxylic acids is 1. The number of anilines is 2. The Balaban J connectivity index is 2.05. The normalized spacial score (nSPS) is 13.7. The van der Waals surface area contributed by atoms with Crippen LogP contribution in [0.4, 0.5) is 15.8 Å². The van der Waals surface area contributed by atoms with E-state index in [1.165, 1.54) is 23.8 Å². The average molecular weight is 283 g/mol. The number of rotatable bonds is 3. The van der Waals surface area contributed by atoms with Gasteiger partial charge >= 0.3 is 5.97 Å². The van der Waals surface area contributed by atoms with Crippen molar-refractivity contribution in [3.05, 3.63) is 65.5 Å². The van der Waals surface area contributed by atoms with Gasteiger partial charge in [0, 0.05) is 29.6 Å². The van der Waals surface area contributed by atoms with Gasteiger partial charge in [0.25, 0.3) is 0 Å². The summed E-state index contributed by atoms with van der Waals surface area (Å²) in [7, 11) is 0. The number of carboxylic acid groups (broad SMARTS) is 1. The van der Waals surface area contributed by atoms with Crippen molar-refractivity contribution < 1.29 is 14.3 Å². The van der Waals surface area contributed by atoms with Gasteiger partial charge in [-0.1, -0.05) is 18.2 Å². The molecule has 0 spiro atoms. The van der Waals surface area contributed by atoms with Gasteiger partial charge in [-0.25, -0.2) is 9.18 Å². The molecule has 0 fully saturated rings. The summed E-state index contributed by atoms with van der Waals surface area (Å²) in [5.41, 5.74) is 3.72. The van der Waals surface area contributed by atoms with Crippen LogP contribution in [0.15, 0.2) is 48.5 Å². The monoisotopic (exact) mass is 283 g/mol. The second-order valence-corrected chi connectivity index (χ2v) is 4.91. The summed E-state index contributed by atoms with van der Waals surface area (Å²) < 4.78 is 13.5. The van der Waals surface area contributed by atoms with Gasteiger partial charge in [0.2, 0.25) is 0 Å². The van der Waals surface area contributed by atoms with Gasteiger partial charge in [-0.3, -0.25) is 0 Å². The molecule has 0 unspecified atom stereocenters. The Morgan fingerprint density at radius 1 is 1.19 bits per heavy atom. The highest BCUT2D eigenvalue weighted by atomic mass is 19.1. The molecule has 0 atom stereocenters. The van der Waals surface area contributed by atoms with E-state index in [0.717, 1.165) is 30.4 Å². The number of nitrogens with zero attached hydrogens (tertiary/aromatic N) is 1. The topological polar surface area (TPSA) is 40.5 Å². The van der Waals surface area contributed by atoms with Crippen molar-refractivity contribution in [1.29, 1.82) is 0 Å². The molecule has 0 saturated carbocycles. The lowest BCUT2D eigenvalue weighted by molar-refractivity contribution is -0.131. The second kappa shape index (κ2) is 5.40. The minimum Gasteiger partial charge on any atom is -0.478 e. The molecule has 0 aromatic heterocycles. The molecule has 1 heterocycles. The number of hydrogen-bond acceptors (Lipinski definition) is 2. The van der Waals surface area contributed by atoms with Gasteiger partial charge in [0.15, 0.2) is 0 Å². The number of fused-ring (bicyclic) bond motifs is 1. The Kier molecular flexibility index (Phi) is 3.44. The Hall–Kier alpha value is -2.62. The first-order valence-corrected chi connectivity index (χ1v) is 6.71. The van der Waals surface area contributed by atoms with E-state index in [1.54, 1.807) is 6.07 Å². The van der Waals surface area contributed by atoms with Crippen LogP contribution in [-0.4, -0.2) is 17.6 Å². The summed E-state index contributed by atoms with van der Waals surface area (Å²) in [5.74, 6) is -1.43. The van der Waals surface area contributed by atoms with E-state index in [-0.39, 0.29) is 5.82 Å². The molecule has 0 bridgehead atoms. The predicted molar refractivity (Wildman–Crippen MR) is 80.2 cm³/mol. The summed E-state index contributed by atoms with van der Waals surface area (Å²) in [6.07, 6.45) is 3.39. The van der Waals surface area contributed by atoms with Gasteiger partial charge in [0.05, 0.1) is 0 Å². The first kappa shape index (κ1) is 13.4. The maximum absolute atomic E-state index is 13.5. The fourth-order valence-corrected chi connectivity index (χ4v) is 2.65. The van der Waals surface area contributed by atoms with Gasteiger partial charge < -0.3 is 10.0 Å². The van der Waals surface area contributed by atoms with Crippen LogP contribution in [0.2, 0.25) is 0 Å². The highest BCUT2D eigenvalue weighted by Gasteiger charge is 2.21. The molecule has 3 rings (SSSR count). The van der Waals surface area contributed by atoms with Gasteiger partial charge in [0.1, 0.15) is 5.82 Å². The molecule has 2 aromatic rings. The highest BCUT2D eigenvalue weighted by Crippen LogP contribution is 2.36. The zero-order valence-corrected chi connectivity index (χ0v) is 11.3. The van der Waals surface area contributed by atoms with Crippen molar-refractivity contribution in [1.82, 2.24) is 0 Å². The van der Waals surface area contributed by atoms with Gasteiger partial charge in [-0.05, 0) is 42.3 Å². The molecule has 21 heavy (non-hydrogen) atoms. The number of aliphatic carboxylic acids is 1. The van der Waals surface area contributed by atoms with E-state index >= 15 is 0 Å². The lowest BCUT2D eigenvalue weighted by atomic mass is 10.1. The molecule has 1 N–H and O–H groups in total. The fraction of sp³-hybridized carbons (Fsp3) is 0.118. The summed E-state index contributed by atoms with van der Waals surface area (Å²) in [6, 6.07) is 12.5. The first-order valence-electron chi connectivity index (χ1n) is 6.71. The highest BCUT2D eigenvalue weighted by molar-refractivity contribution is 5.88. The zero-order valence-electron chi connectivity index (χ0n) is 11.3. The maximum Gasteiger partial charge on any atom is 0.328 e. The van der Waals surface area contributed by atoms with Gasteiger partial charge in [-0.2, -0.15) is 0 Å². The fourth-order valence-electron chi connectivity index (χ4n) is 2.65. The minimum atomic E-state index is -1.05. The number of hydrogen-bond donors (Lipinski definition) is 1. The number of para-hydroxylation sites is 1. The predicted octanol–water partition coefficient (Wildman–Crippen LogP) is 3.62. The Bertz CT molecular complexity index is 724. The lowest BCUT2D eigenvalue weighted by Gasteiger charge is -2.22. The third-order valence-corrected chi connectivity index (χ3v) is 3.57. The Labute approximate surface area is 121 Å². The van der Waals surface area contributed by atoms with Crippen LogP contribution in [0.3, 0.4) is 0 Å². The summed E-state index contributed by atoms with van der Waals surface area (Å²) >= 11 is 0. The lowest BCUT2D eigenvalue weighted by Crippen LogP contribution is -2.14. The third-order valence-electron chi connectivity index (χ3n) is 3.57. The Morgan fingerprint density at radius 3 is 2.81 bits per heavy atom. The molecule has 1 aliphatic heterocycles. The van der Waals surface area contributed by atoms with Crippen LogP contribution in [0, 0.1) is 5.82 Å². The molecule has 2 aromatic carbocycles. The van der Waals surface area contributed by atoms with Crippen LogP contribution in [0.5, 0.6) is 0 Å². The van der Waals surface area contributed by atoms with Gasteiger partial charge in [-0.15, -0.1) is 0 Å². The molecule has 3 nitrogen and oxygen atoms in total. The summed E-state index contributed by atoms with van der Waals surface area (Å²) in [5, 5.41) is 8.76. The summed E-state index contributed by atoms with van der Waals surface area (Å²) in [6.45, 7) is 0.804. The number of carbonyl (C=O) groups is 1. The molecule has 0 radical (unpaired) electrons. The van der Waals surface area contributed by atoms with Crippen molar-refractivity contribution in [2.45, 2.75) is 6.42 Å². The van der Waals surface area contributed by atoms with Crippen molar-refractivity contribution in [2.24, 2.45) is 0 Å². The molecule has 0 saturated heterocycles. The van der Waals surface area contributed by atoms with Crippen LogP contribution >= 0.6 is 0 Å². The largest absolute Gasteiger partial charge is 0.478 e. The average Bonchev–Trinajstić information content (AvgIpc) is 2.89. The molecule has 106 valence electrons. The van der Waals surface area contributed by atoms with Crippen LogP contribution < -0.4 is 4.90 Å². The molecule has 0 aliphatic carbocycles. The molecule has 4 heteroatoms. The van der Waals surface area contributed by atoms with Crippen molar-refractivity contribution >= 4 is 23.4 Å². The smallest absolute Gasteiger partial charge is 0.328 e. The van der Waals surface area contributed by atoms with E-state index in [1.807, 2.05) is 18.2 Å².